The Morgan fingerprint density at radius 3 is 0.861 bits per heavy atom. The zero-order valence-electron chi connectivity index (χ0n) is 86.8. The van der Waals surface area contributed by atoms with Crippen LogP contribution in [0.2, 0.25) is 0 Å². The van der Waals surface area contributed by atoms with E-state index in [9.17, 15) is 101 Å². The number of phenols is 12. The molecule has 8 aromatic rings. The molecule has 8 aromatic carbocycles. The summed E-state index contributed by atoms with van der Waals surface area (Å²) in [5, 5.41) is 170. The number of rotatable bonds is 37. The lowest BCUT2D eigenvalue weighted by atomic mass is 9.88. The molecule has 29 nitrogen and oxygen atoms in total. The van der Waals surface area contributed by atoms with Gasteiger partial charge in [0.15, 0.2) is 0 Å². The minimum Gasteiger partial charge on any atom is -0.508 e. The van der Waals surface area contributed by atoms with Gasteiger partial charge in [0.25, 0.3) is 23.6 Å². The van der Waals surface area contributed by atoms with Crippen LogP contribution in [-0.2, 0) is 4.79 Å². The zero-order valence-corrected chi connectivity index (χ0v) is 86.8. The molecule has 0 bridgehead atoms. The number of para-hydroxylation sites is 4. The lowest BCUT2D eigenvalue weighted by Gasteiger charge is -2.30. The van der Waals surface area contributed by atoms with Crippen molar-refractivity contribution in [2.75, 3.05) is 67.0 Å². The first-order chi connectivity index (χ1) is 67.6. The SMILES string of the molecule is C/C(=C\CN1C(=O)c2cccc(O)c2Nc2c(O)cc(O)cc21)CC/C=C(\C)CCCC(C)(C)C.C/C(=C\CN1C(=O)c2cccc(O)c2Nc2c(O)cc(O)cc21)CCCC(C)(O)CCCC(C)(C)O.CC(=O)NC(C)(CCC=C(C)C)CCC/C(C)=C/CN1C(=O)c2cccc(O)c2Nc2c(O)cc(O)cc21.CC(C)=CCCC(C)(O)CCC/C(C)=C/CN1C(=O)c2cccc(O)c2Nc2c(O)cc(O)cc21. The number of allylic oxidation sites excluding steroid dienone is 10. The number of carbonyl (C=O) groups excluding carboxylic acids is 5. The van der Waals surface area contributed by atoms with Crippen LogP contribution in [0.1, 0.15) is 301 Å². The number of fused-ring (bicyclic) bond motifs is 8. The van der Waals surface area contributed by atoms with E-state index in [0.29, 0.717) is 65.8 Å². The van der Waals surface area contributed by atoms with Gasteiger partial charge < -0.3 is 123 Å². The molecule has 0 spiro atoms. The smallest absolute Gasteiger partial charge is 0.260 e. The third-order valence-corrected chi connectivity index (χ3v) is 25.9. The molecule has 3 unspecified atom stereocenters. The molecule has 144 heavy (non-hydrogen) atoms. The van der Waals surface area contributed by atoms with Gasteiger partial charge in [-0.25, -0.2) is 0 Å². The molecule has 0 saturated heterocycles. The number of carbonyl (C=O) groups is 5. The minimum atomic E-state index is -0.808. The van der Waals surface area contributed by atoms with E-state index in [1.165, 1.54) is 122 Å². The number of benzene rings is 8. The van der Waals surface area contributed by atoms with Gasteiger partial charge in [-0.3, -0.25) is 24.0 Å². The molecule has 0 aliphatic carbocycles. The molecule has 12 rings (SSSR count). The summed E-state index contributed by atoms with van der Waals surface area (Å²) in [4.78, 5) is 71.5. The molecular weight excluding hydrogens is 1830 g/mol. The van der Waals surface area contributed by atoms with E-state index in [2.05, 4.69) is 107 Å². The van der Waals surface area contributed by atoms with Crippen LogP contribution in [0.3, 0.4) is 0 Å². The topological polar surface area (TPSA) is 462 Å². The van der Waals surface area contributed by atoms with Gasteiger partial charge in [0.1, 0.15) is 91.7 Å². The van der Waals surface area contributed by atoms with Gasteiger partial charge in [-0.2, -0.15) is 0 Å². The number of nitrogens with zero attached hydrogens (tertiary/aromatic N) is 4. The van der Waals surface area contributed by atoms with Crippen molar-refractivity contribution in [2.45, 2.75) is 282 Å². The molecule has 3 atom stereocenters. The molecule has 0 saturated carbocycles. The maximum Gasteiger partial charge on any atom is 0.260 e. The molecule has 0 aromatic heterocycles. The predicted molar refractivity (Wildman–Crippen MR) is 575 cm³/mol. The lowest BCUT2D eigenvalue weighted by molar-refractivity contribution is -0.120. The van der Waals surface area contributed by atoms with Crippen LogP contribution < -0.4 is 46.2 Å². The molecular formula is C115H151N9O20. The van der Waals surface area contributed by atoms with Crippen LogP contribution in [0.4, 0.5) is 68.2 Å². The third-order valence-electron chi connectivity index (χ3n) is 25.9. The van der Waals surface area contributed by atoms with Crippen molar-refractivity contribution in [3.8, 4) is 69.0 Å². The highest BCUT2D eigenvalue weighted by Crippen LogP contribution is 2.52. The fourth-order valence-electron chi connectivity index (χ4n) is 17.8. The number of anilines is 12. The van der Waals surface area contributed by atoms with E-state index in [0.717, 1.165) is 112 Å². The van der Waals surface area contributed by atoms with Crippen LogP contribution in [0, 0.1) is 5.41 Å². The first kappa shape index (κ1) is 114. The Morgan fingerprint density at radius 2 is 0.569 bits per heavy atom. The number of amides is 5. The predicted octanol–water partition coefficient (Wildman–Crippen LogP) is 25.1. The highest BCUT2D eigenvalue weighted by molar-refractivity contribution is 6.18. The Hall–Kier alpha value is -14.0. The monoisotopic (exact) mass is 1980 g/mol. The van der Waals surface area contributed by atoms with E-state index >= 15 is 0 Å². The second-order valence-corrected chi connectivity index (χ2v) is 41.7. The summed E-state index contributed by atoms with van der Waals surface area (Å²) in [7, 11) is 0. The van der Waals surface area contributed by atoms with E-state index < -0.39 is 16.8 Å². The van der Waals surface area contributed by atoms with Crippen molar-refractivity contribution in [2.24, 2.45) is 5.41 Å². The van der Waals surface area contributed by atoms with Crippen LogP contribution in [-0.4, -0.2) is 155 Å². The first-order valence-corrected chi connectivity index (χ1v) is 49.5. The highest BCUT2D eigenvalue weighted by Gasteiger charge is 2.37. The van der Waals surface area contributed by atoms with Crippen LogP contribution >= 0.6 is 0 Å². The molecule has 4 heterocycles. The number of aromatic hydroxyl groups is 12. The van der Waals surface area contributed by atoms with Crippen LogP contribution in [0.25, 0.3) is 0 Å². The van der Waals surface area contributed by atoms with Crippen molar-refractivity contribution in [3.63, 3.8) is 0 Å². The van der Waals surface area contributed by atoms with Crippen LogP contribution in [0.15, 0.2) is 203 Å². The Kier molecular flexibility index (Phi) is 39.6. The summed E-state index contributed by atoms with van der Waals surface area (Å²) in [6.45, 7) is 37.0. The van der Waals surface area contributed by atoms with Gasteiger partial charge in [0.2, 0.25) is 5.91 Å². The molecule has 776 valence electrons. The largest absolute Gasteiger partial charge is 0.508 e. The van der Waals surface area contributed by atoms with Crippen molar-refractivity contribution in [3.05, 3.63) is 225 Å². The average Bonchev–Trinajstić information content (AvgIpc) is 1.64. The summed E-state index contributed by atoms with van der Waals surface area (Å²) in [5.74, 6) is -3.52. The number of nitrogens with one attached hydrogen (secondary N) is 5. The van der Waals surface area contributed by atoms with Gasteiger partial charge in [-0.1, -0.05) is 127 Å². The van der Waals surface area contributed by atoms with Gasteiger partial charge >= 0.3 is 0 Å². The van der Waals surface area contributed by atoms with E-state index in [4.69, 9.17) is 0 Å². The Labute approximate surface area is 847 Å². The summed E-state index contributed by atoms with van der Waals surface area (Å²) < 4.78 is 0. The Morgan fingerprint density at radius 1 is 0.299 bits per heavy atom. The summed E-state index contributed by atoms with van der Waals surface area (Å²) in [5.41, 5.74) is 10.1. The van der Waals surface area contributed by atoms with Gasteiger partial charge in [0.05, 0.1) is 84.6 Å². The molecule has 0 radical (unpaired) electrons. The molecule has 5 amide bonds. The quantitative estimate of drug-likeness (QED) is 0.00977. The zero-order chi connectivity index (χ0) is 106. The Bertz CT molecular complexity index is 6160. The fraction of sp³-hybridized carbons (Fsp3) is 0.417. The summed E-state index contributed by atoms with van der Waals surface area (Å²) >= 11 is 0. The fourth-order valence-corrected chi connectivity index (χ4v) is 17.8. The highest BCUT2D eigenvalue weighted by atomic mass is 16.3. The maximum absolute atomic E-state index is 13.5. The van der Waals surface area contributed by atoms with Crippen molar-refractivity contribution >= 4 is 97.8 Å². The minimum absolute atomic E-state index is 0.0401. The number of hydrogen-bond acceptors (Lipinski definition) is 24. The lowest BCUT2D eigenvalue weighted by Crippen LogP contribution is -2.44. The Balaban J connectivity index is 0.000000214. The summed E-state index contributed by atoms with van der Waals surface area (Å²) in [6, 6.07) is 29.1. The van der Waals surface area contributed by atoms with E-state index in [1.807, 2.05) is 65.8 Å². The molecule has 4 aliphatic heterocycles. The number of hydrogen-bond donors (Lipinski definition) is 20. The van der Waals surface area contributed by atoms with Gasteiger partial charge in [-0.05, 0) is 286 Å². The standard InChI is InChI=1S/C30H39N3O5.C29H38N2O4.C28H38N2O6.C28H36N2O5/c1-19(2)9-7-14-30(5,32-21(4)34)15-8-10-20(3)13-16-33-24-17-22(35)18-26(37)28(24)31-27-23(29(33)38)11-6-12-25(27)36;1-19(11-8-15-29(3,4)5)9-6-10-20(2)14-16-31-23-17-21(32)18-25(34)27(23)30-26-22(28(31)35)12-7-13-24(26)33;1-18(8-6-13-28(4,36)14-7-12-27(2,3)35)11-15-30-21-16-19(31)17-23(33)25(21)29-24-20(26(30)34)9-5-10-22(24)32;1-18(2)8-6-13-28(4,35)14-7-9-19(3)12-15-30-22-16-20(31)17-24(33)26(22)29-25-21(27(30)34)10-5-11-23(25)32/h6,9,11-13,17-18,31,35-37H,7-8,10,14-16H2,1-5H3,(H,32,34);7,9,12-14,17-18,30,32-34H,6,8,10-11,15-16H2,1-5H3;5,9-11,16-17,29,31-33,35-36H,6-8,12-15H2,1-4H3;5,8,10-12,16-17,29,31-33,35H,6-7,9,13-15H2,1-4H3/b20-13+;19-9+,20-14+;18-11+;19-12+. The normalized spacial score (nSPS) is 14.8. The number of phenolic OH excluding ortho intramolecular Hbond substituents is 12. The average molecular weight is 1980 g/mol. The second-order valence-electron chi connectivity index (χ2n) is 41.7. The van der Waals surface area contributed by atoms with E-state index in [-0.39, 0.29) is 192 Å². The van der Waals surface area contributed by atoms with Crippen molar-refractivity contribution in [1.29, 1.82) is 0 Å². The second kappa shape index (κ2) is 50.3. The van der Waals surface area contributed by atoms with Gasteiger partial charge in [-0.15, -0.1) is 0 Å². The van der Waals surface area contributed by atoms with E-state index in [1.54, 1.807) is 69.3 Å². The molecule has 4 aliphatic rings. The van der Waals surface area contributed by atoms with Crippen LogP contribution in [0.5, 0.6) is 69.0 Å². The number of aliphatic hydroxyl groups is 3. The molecule has 20 N–H and O–H groups in total. The van der Waals surface area contributed by atoms with Gasteiger partial charge in [0, 0.05) is 87.2 Å². The maximum atomic E-state index is 13.5. The molecule has 29 heteroatoms. The third kappa shape index (κ3) is 32.8. The molecule has 0 fully saturated rings. The first-order valence-electron chi connectivity index (χ1n) is 49.5. The van der Waals surface area contributed by atoms with Crippen molar-refractivity contribution in [1.82, 2.24) is 5.32 Å². The van der Waals surface area contributed by atoms with Crippen molar-refractivity contribution < 1.29 is 101 Å². The summed E-state index contributed by atoms with van der Waals surface area (Å²) in [6.07, 6.45) is 31.9.